The fourth-order valence-electron chi connectivity index (χ4n) is 2.66. The van der Waals surface area contributed by atoms with Crippen molar-refractivity contribution in [1.29, 1.82) is 0 Å². The zero-order valence-corrected chi connectivity index (χ0v) is 13.0. The van der Waals surface area contributed by atoms with Crippen LogP contribution in [-0.4, -0.2) is 52.1 Å². The fourth-order valence-corrected chi connectivity index (χ4v) is 3.16. The van der Waals surface area contributed by atoms with Crippen LogP contribution in [0.4, 0.5) is 5.82 Å². The van der Waals surface area contributed by atoms with Gasteiger partial charge in [0.25, 0.3) is 5.16 Å². The molecule has 9 nitrogen and oxygen atoms in total. The van der Waals surface area contributed by atoms with Gasteiger partial charge in [-0.15, -0.1) is 5.10 Å². The molecule has 0 aromatic carbocycles. The van der Waals surface area contributed by atoms with Gasteiger partial charge in [0.2, 0.25) is 9.84 Å². The van der Waals surface area contributed by atoms with E-state index >= 15 is 0 Å². The number of ether oxygens (including phenoxy) is 1. The molecule has 2 aromatic heterocycles. The molecule has 22 heavy (non-hydrogen) atoms. The number of fused-ring (bicyclic) bond motifs is 1. The summed E-state index contributed by atoms with van der Waals surface area (Å²) in [5, 5.41) is 12.9. The third kappa shape index (κ3) is 2.42. The average molecular weight is 327 g/mol. The maximum absolute atomic E-state index is 11.7. The van der Waals surface area contributed by atoms with Gasteiger partial charge in [-0.3, -0.25) is 0 Å². The minimum atomic E-state index is -3.60. The van der Waals surface area contributed by atoms with Gasteiger partial charge in [-0.05, 0) is 12.3 Å². The van der Waals surface area contributed by atoms with Crippen LogP contribution in [-0.2, 0) is 14.6 Å². The Balaban J connectivity index is 2.14. The molecule has 1 saturated heterocycles. The van der Waals surface area contributed by atoms with Crippen LogP contribution in [0.15, 0.2) is 11.4 Å². The summed E-state index contributed by atoms with van der Waals surface area (Å²) in [5.41, 5.74) is 6.65. The van der Waals surface area contributed by atoms with Crippen LogP contribution in [0.2, 0.25) is 0 Å². The third-order valence-corrected chi connectivity index (χ3v) is 4.55. The Morgan fingerprint density at radius 3 is 2.86 bits per heavy atom. The summed E-state index contributed by atoms with van der Waals surface area (Å²) in [6.45, 7) is 1.92. The van der Waals surface area contributed by atoms with Crippen LogP contribution in [0.25, 0.3) is 5.65 Å². The first-order chi connectivity index (χ1) is 10.3. The Kier molecular flexibility index (Phi) is 3.54. The second kappa shape index (κ2) is 5.14. The van der Waals surface area contributed by atoms with Crippen molar-refractivity contribution in [2.75, 3.05) is 18.6 Å². The molecule has 0 amide bonds. The van der Waals surface area contributed by atoms with Crippen LogP contribution < -0.4 is 5.73 Å². The van der Waals surface area contributed by atoms with Crippen molar-refractivity contribution in [2.45, 2.75) is 30.7 Å². The van der Waals surface area contributed by atoms with Crippen LogP contribution in [0.1, 0.15) is 25.1 Å². The van der Waals surface area contributed by atoms with Crippen LogP contribution in [0, 0.1) is 5.92 Å². The summed E-state index contributed by atoms with van der Waals surface area (Å²) in [6, 6.07) is 0. The molecule has 0 radical (unpaired) electrons. The lowest BCUT2D eigenvalue weighted by molar-refractivity contribution is 0.00245. The lowest BCUT2D eigenvalue weighted by Crippen LogP contribution is -2.15. The Labute approximate surface area is 127 Å². The van der Waals surface area contributed by atoms with Gasteiger partial charge in [0.1, 0.15) is 6.10 Å². The topological polar surface area (TPSA) is 133 Å². The number of hydrogen-bond acceptors (Lipinski definition) is 8. The number of anilines is 1. The molecule has 0 saturated carbocycles. The number of rotatable bonds is 3. The van der Waals surface area contributed by atoms with E-state index in [9.17, 15) is 13.5 Å². The minimum Gasteiger partial charge on any atom is -0.394 e. The van der Waals surface area contributed by atoms with Crippen molar-refractivity contribution in [1.82, 2.24) is 19.6 Å². The summed E-state index contributed by atoms with van der Waals surface area (Å²) in [7, 11) is -3.60. The first kappa shape index (κ1) is 15.1. The molecule has 3 heterocycles. The van der Waals surface area contributed by atoms with Crippen LogP contribution in [0.5, 0.6) is 0 Å². The van der Waals surface area contributed by atoms with Gasteiger partial charge in [-0.1, -0.05) is 6.92 Å². The predicted octanol–water partition coefficient (Wildman–Crippen LogP) is -0.432. The number of imidazole rings is 1. The first-order valence-corrected chi connectivity index (χ1v) is 8.68. The molecule has 3 atom stereocenters. The molecular weight excluding hydrogens is 310 g/mol. The number of nitrogen functional groups attached to an aromatic ring is 1. The molecule has 0 bridgehead atoms. The fraction of sp³-hybridized carbons (Fsp3) is 0.583. The minimum absolute atomic E-state index is 0.00830. The monoisotopic (exact) mass is 327 g/mol. The highest BCUT2D eigenvalue weighted by atomic mass is 32.2. The van der Waals surface area contributed by atoms with E-state index in [0.717, 1.165) is 6.26 Å². The highest BCUT2D eigenvalue weighted by molar-refractivity contribution is 7.90. The van der Waals surface area contributed by atoms with E-state index in [1.165, 1.54) is 4.52 Å². The Bertz CT molecular complexity index is 818. The number of nitrogens with two attached hydrogens (primary N) is 1. The van der Waals surface area contributed by atoms with E-state index in [2.05, 4.69) is 15.1 Å². The molecule has 0 aliphatic carbocycles. The van der Waals surface area contributed by atoms with E-state index in [0.29, 0.717) is 12.1 Å². The number of hydrogen-bond donors (Lipinski definition) is 2. The zero-order valence-electron chi connectivity index (χ0n) is 12.2. The molecule has 2 aromatic rings. The summed E-state index contributed by atoms with van der Waals surface area (Å²) >= 11 is 0. The number of aromatic nitrogens is 4. The van der Waals surface area contributed by atoms with Gasteiger partial charge in [-0.2, -0.15) is 4.98 Å². The quantitative estimate of drug-likeness (QED) is 0.776. The maximum Gasteiger partial charge on any atom is 0.267 e. The van der Waals surface area contributed by atoms with E-state index in [1.807, 2.05) is 6.92 Å². The number of aliphatic hydroxyl groups is 1. The van der Waals surface area contributed by atoms with Crippen molar-refractivity contribution in [3.63, 3.8) is 0 Å². The van der Waals surface area contributed by atoms with Gasteiger partial charge in [0.15, 0.2) is 11.5 Å². The molecule has 3 rings (SSSR count). The van der Waals surface area contributed by atoms with Gasteiger partial charge < -0.3 is 15.6 Å². The summed E-state index contributed by atoms with van der Waals surface area (Å²) in [6.07, 6.45) is 2.68. The maximum atomic E-state index is 11.7. The van der Waals surface area contributed by atoms with Crippen molar-refractivity contribution in [3.05, 3.63) is 11.9 Å². The lowest BCUT2D eigenvalue weighted by atomic mass is 10.00. The van der Waals surface area contributed by atoms with E-state index in [4.69, 9.17) is 10.5 Å². The van der Waals surface area contributed by atoms with E-state index in [1.54, 1.807) is 6.20 Å². The number of nitrogens with zero attached hydrogens (tertiary/aromatic N) is 4. The third-order valence-electron chi connectivity index (χ3n) is 3.71. The molecule has 120 valence electrons. The second-order valence-corrected chi connectivity index (χ2v) is 7.45. The number of aliphatic hydroxyl groups excluding tert-OH is 1. The van der Waals surface area contributed by atoms with Gasteiger partial charge >= 0.3 is 0 Å². The highest BCUT2D eigenvalue weighted by Gasteiger charge is 2.35. The zero-order chi connectivity index (χ0) is 16.1. The normalized spacial score (nSPS) is 25.9. The summed E-state index contributed by atoms with van der Waals surface area (Å²) in [5.74, 6) is 0.126. The highest BCUT2D eigenvalue weighted by Crippen LogP contribution is 2.37. The van der Waals surface area contributed by atoms with E-state index < -0.39 is 9.84 Å². The van der Waals surface area contributed by atoms with Crippen LogP contribution >= 0.6 is 0 Å². The van der Waals surface area contributed by atoms with Gasteiger partial charge in [-0.25, -0.2) is 17.9 Å². The molecule has 1 fully saturated rings. The Morgan fingerprint density at radius 1 is 1.55 bits per heavy atom. The van der Waals surface area contributed by atoms with Crippen LogP contribution in [0.3, 0.4) is 0 Å². The SMILES string of the molecule is CC1CC(CO)OC1c1cnc2c(N)nc(S(C)(=O)=O)nn12. The molecule has 0 spiro atoms. The smallest absolute Gasteiger partial charge is 0.267 e. The van der Waals surface area contributed by atoms with E-state index in [-0.39, 0.29) is 41.4 Å². The Hall–Kier alpha value is -1.78. The van der Waals surface area contributed by atoms with Gasteiger partial charge in [0.05, 0.1) is 24.6 Å². The van der Waals surface area contributed by atoms with Crippen molar-refractivity contribution >= 4 is 21.3 Å². The summed E-state index contributed by atoms with van der Waals surface area (Å²) < 4.78 is 30.5. The first-order valence-electron chi connectivity index (χ1n) is 6.78. The van der Waals surface area contributed by atoms with Gasteiger partial charge in [0, 0.05) is 6.26 Å². The van der Waals surface area contributed by atoms with Crippen molar-refractivity contribution in [2.24, 2.45) is 5.92 Å². The molecular formula is C12H17N5O4S. The molecule has 3 unspecified atom stereocenters. The predicted molar refractivity (Wildman–Crippen MR) is 76.8 cm³/mol. The molecule has 10 heteroatoms. The molecule has 3 N–H and O–H groups in total. The lowest BCUT2D eigenvalue weighted by Gasteiger charge is -2.14. The van der Waals surface area contributed by atoms with Crippen molar-refractivity contribution < 1.29 is 18.3 Å². The summed E-state index contributed by atoms with van der Waals surface area (Å²) in [4.78, 5) is 7.92. The standard InChI is InChI=1S/C12H17N5O4S/c1-6-3-7(5-18)21-9(6)8-4-14-11-10(13)15-12(16-17(8)11)22(2,19)20/h4,6-7,9,18H,3,5H2,1-2H3,(H2,13,15,16). The van der Waals surface area contributed by atoms with Crippen molar-refractivity contribution in [3.8, 4) is 0 Å². The average Bonchev–Trinajstić information content (AvgIpc) is 3.01. The largest absolute Gasteiger partial charge is 0.394 e. The molecule has 1 aliphatic heterocycles. The molecule has 1 aliphatic rings. The second-order valence-electron chi connectivity index (χ2n) is 5.54. The Morgan fingerprint density at radius 2 is 2.27 bits per heavy atom. The number of sulfone groups is 1.